The molecule has 0 amide bonds. The third-order valence-electron chi connectivity index (χ3n) is 4.05. The van der Waals surface area contributed by atoms with Crippen molar-refractivity contribution in [1.82, 2.24) is 4.98 Å². The van der Waals surface area contributed by atoms with Crippen LogP contribution in [0.5, 0.6) is 11.5 Å². The maximum atomic E-state index is 10.2. The number of rotatable bonds is 4. The van der Waals surface area contributed by atoms with Crippen molar-refractivity contribution < 1.29 is 14.3 Å². The normalized spacial score (nSPS) is 11.3. The van der Waals surface area contributed by atoms with Crippen molar-refractivity contribution in [3.8, 4) is 23.0 Å². The van der Waals surface area contributed by atoms with Crippen LogP contribution in [-0.4, -0.2) is 23.4 Å². The highest BCUT2D eigenvalue weighted by molar-refractivity contribution is 6.31. The van der Waals surface area contributed by atoms with Crippen LogP contribution >= 0.6 is 11.6 Å². The lowest BCUT2D eigenvalue weighted by Gasteiger charge is -2.05. The fourth-order valence-corrected chi connectivity index (χ4v) is 2.86. The lowest BCUT2D eigenvalue weighted by atomic mass is 10.2. The van der Waals surface area contributed by atoms with Crippen molar-refractivity contribution in [2.75, 3.05) is 7.11 Å². The average Bonchev–Trinajstić information content (AvgIpc) is 3.10. The number of para-hydroxylation sites is 1. The van der Waals surface area contributed by atoms with Gasteiger partial charge in [-0.05, 0) is 48.5 Å². The highest BCUT2D eigenvalue weighted by Gasteiger charge is 2.09. The van der Waals surface area contributed by atoms with Crippen molar-refractivity contribution in [3.63, 3.8) is 0 Å². The predicted molar refractivity (Wildman–Crippen MR) is 106 cm³/mol. The molecule has 0 bridgehead atoms. The molecular weight excluding hydrogens is 364 g/mol. The zero-order chi connectivity index (χ0) is 18.8. The second kappa shape index (κ2) is 7.13. The van der Waals surface area contributed by atoms with E-state index >= 15 is 0 Å². The Morgan fingerprint density at radius 2 is 1.96 bits per heavy atom. The molecule has 0 saturated carbocycles. The summed E-state index contributed by atoms with van der Waals surface area (Å²) in [4.78, 5) is 8.92. The summed E-state index contributed by atoms with van der Waals surface area (Å²) < 4.78 is 10.9. The van der Waals surface area contributed by atoms with E-state index in [4.69, 9.17) is 20.8 Å². The van der Waals surface area contributed by atoms with E-state index in [0.717, 1.165) is 5.56 Å². The number of oxazole rings is 1. The number of phenolic OH excluding ortho intramolecular Hbond substituents is 1. The first kappa shape index (κ1) is 17.1. The Morgan fingerprint density at radius 1 is 1.11 bits per heavy atom. The number of fused-ring (bicyclic) bond motifs is 1. The van der Waals surface area contributed by atoms with E-state index in [1.54, 1.807) is 42.6 Å². The van der Waals surface area contributed by atoms with E-state index in [1.165, 1.54) is 7.11 Å². The standard InChI is InChI=1S/C21H15ClN2O3/c1-26-19-7-3-5-14(20(19)25)12-23-16-6-2-4-13(10-16)21-24-17-11-15(22)8-9-18(17)27-21/h2-12,25H,1H3. The quantitative estimate of drug-likeness (QED) is 0.468. The Bertz CT molecular complexity index is 1150. The molecule has 134 valence electrons. The largest absolute Gasteiger partial charge is 0.504 e. The number of phenols is 1. The maximum Gasteiger partial charge on any atom is 0.227 e. The minimum Gasteiger partial charge on any atom is -0.504 e. The van der Waals surface area contributed by atoms with Crippen molar-refractivity contribution in [2.24, 2.45) is 4.99 Å². The van der Waals surface area contributed by atoms with Gasteiger partial charge in [-0.2, -0.15) is 0 Å². The molecule has 27 heavy (non-hydrogen) atoms. The first-order chi connectivity index (χ1) is 13.1. The average molecular weight is 379 g/mol. The molecule has 4 aromatic rings. The zero-order valence-corrected chi connectivity index (χ0v) is 15.1. The highest BCUT2D eigenvalue weighted by Crippen LogP contribution is 2.30. The monoisotopic (exact) mass is 378 g/mol. The molecular formula is C21H15ClN2O3. The van der Waals surface area contributed by atoms with Gasteiger partial charge in [-0.15, -0.1) is 0 Å². The Morgan fingerprint density at radius 3 is 2.81 bits per heavy atom. The van der Waals surface area contributed by atoms with E-state index in [0.29, 0.717) is 39.0 Å². The van der Waals surface area contributed by atoms with Gasteiger partial charge in [0.2, 0.25) is 5.89 Å². The summed E-state index contributed by atoms with van der Waals surface area (Å²) in [5.41, 5.74) is 3.44. The van der Waals surface area contributed by atoms with Crippen LogP contribution < -0.4 is 4.74 Å². The van der Waals surface area contributed by atoms with Crippen molar-refractivity contribution in [3.05, 3.63) is 71.2 Å². The van der Waals surface area contributed by atoms with E-state index in [2.05, 4.69) is 9.98 Å². The van der Waals surface area contributed by atoms with Crippen LogP contribution in [-0.2, 0) is 0 Å². The molecule has 1 N–H and O–H groups in total. The SMILES string of the molecule is COc1cccc(C=Nc2cccc(-c3nc4cc(Cl)ccc4o3)c2)c1O. The third kappa shape index (κ3) is 3.50. The molecule has 4 rings (SSSR count). The molecule has 5 nitrogen and oxygen atoms in total. The molecule has 0 aliphatic rings. The molecule has 0 spiro atoms. The molecule has 3 aromatic carbocycles. The number of nitrogens with zero attached hydrogens (tertiary/aromatic N) is 2. The molecule has 0 atom stereocenters. The number of hydrogen-bond donors (Lipinski definition) is 1. The van der Waals surface area contributed by atoms with Gasteiger partial charge in [0.25, 0.3) is 0 Å². The summed E-state index contributed by atoms with van der Waals surface area (Å²) in [6, 6.07) is 18.0. The molecule has 0 unspecified atom stereocenters. The van der Waals surface area contributed by atoms with Crippen LogP contribution in [0.15, 0.2) is 70.1 Å². The summed E-state index contributed by atoms with van der Waals surface area (Å²) in [5.74, 6) is 0.946. The fraction of sp³-hybridized carbons (Fsp3) is 0.0476. The van der Waals surface area contributed by atoms with Crippen molar-refractivity contribution in [2.45, 2.75) is 0 Å². The van der Waals surface area contributed by atoms with E-state index < -0.39 is 0 Å². The molecule has 1 aromatic heterocycles. The van der Waals surface area contributed by atoms with Gasteiger partial charge in [0.15, 0.2) is 17.1 Å². The Kier molecular flexibility index (Phi) is 4.52. The number of aromatic hydroxyl groups is 1. The van der Waals surface area contributed by atoms with E-state index in [-0.39, 0.29) is 5.75 Å². The van der Waals surface area contributed by atoms with Gasteiger partial charge in [-0.1, -0.05) is 23.7 Å². The zero-order valence-electron chi connectivity index (χ0n) is 14.4. The Hall–Kier alpha value is -3.31. The van der Waals surface area contributed by atoms with Gasteiger partial charge < -0.3 is 14.3 Å². The van der Waals surface area contributed by atoms with Crippen LogP contribution in [0.25, 0.3) is 22.6 Å². The summed E-state index contributed by atoms with van der Waals surface area (Å²) >= 11 is 6.00. The van der Waals surface area contributed by atoms with Crippen LogP contribution in [0, 0.1) is 0 Å². The summed E-state index contributed by atoms with van der Waals surface area (Å²) in [6.07, 6.45) is 1.59. The maximum absolute atomic E-state index is 10.2. The Balaban J connectivity index is 1.66. The topological polar surface area (TPSA) is 67.9 Å². The van der Waals surface area contributed by atoms with Crippen LogP contribution in [0.4, 0.5) is 5.69 Å². The number of aromatic nitrogens is 1. The summed E-state index contributed by atoms with van der Waals surface area (Å²) in [6.45, 7) is 0. The second-order valence-electron chi connectivity index (χ2n) is 5.84. The Labute approximate surface area is 160 Å². The van der Waals surface area contributed by atoms with Gasteiger partial charge in [0, 0.05) is 22.4 Å². The molecule has 0 fully saturated rings. The lowest BCUT2D eigenvalue weighted by Crippen LogP contribution is -1.88. The third-order valence-corrected chi connectivity index (χ3v) is 4.28. The molecule has 6 heteroatoms. The molecule has 0 aliphatic carbocycles. The molecule has 1 heterocycles. The van der Waals surface area contributed by atoms with Gasteiger partial charge in [-0.25, -0.2) is 4.98 Å². The van der Waals surface area contributed by atoms with E-state index in [1.807, 2.05) is 24.3 Å². The summed E-state index contributed by atoms with van der Waals surface area (Å²) in [5, 5.41) is 10.8. The van der Waals surface area contributed by atoms with Gasteiger partial charge in [0.05, 0.1) is 12.8 Å². The highest BCUT2D eigenvalue weighted by atomic mass is 35.5. The van der Waals surface area contributed by atoms with Gasteiger partial charge >= 0.3 is 0 Å². The van der Waals surface area contributed by atoms with Crippen LogP contribution in [0.3, 0.4) is 0 Å². The van der Waals surface area contributed by atoms with Gasteiger partial charge in [0.1, 0.15) is 5.52 Å². The van der Waals surface area contributed by atoms with Gasteiger partial charge in [-0.3, -0.25) is 4.99 Å². The summed E-state index contributed by atoms with van der Waals surface area (Å²) in [7, 11) is 1.51. The van der Waals surface area contributed by atoms with Crippen molar-refractivity contribution >= 4 is 34.6 Å². The van der Waals surface area contributed by atoms with E-state index in [9.17, 15) is 5.11 Å². The van der Waals surface area contributed by atoms with Crippen LogP contribution in [0.2, 0.25) is 5.02 Å². The first-order valence-electron chi connectivity index (χ1n) is 8.20. The number of hydrogen-bond acceptors (Lipinski definition) is 5. The smallest absolute Gasteiger partial charge is 0.227 e. The first-order valence-corrected chi connectivity index (χ1v) is 8.58. The number of halogens is 1. The number of ether oxygens (including phenoxy) is 1. The molecule has 0 saturated heterocycles. The van der Waals surface area contributed by atoms with Crippen molar-refractivity contribution in [1.29, 1.82) is 0 Å². The number of methoxy groups -OCH3 is 1. The number of benzene rings is 3. The number of aliphatic imine (C=N–C) groups is 1. The predicted octanol–water partition coefficient (Wildman–Crippen LogP) is 5.61. The molecule has 0 aliphatic heterocycles. The molecule has 0 radical (unpaired) electrons. The lowest BCUT2D eigenvalue weighted by molar-refractivity contribution is 0.373. The minimum absolute atomic E-state index is 0.0516. The van der Waals surface area contributed by atoms with Crippen LogP contribution in [0.1, 0.15) is 5.56 Å². The minimum atomic E-state index is 0.0516. The fourth-order valence-electron chi connectivity index (χ4n) is 2.70. The second-order valence-corrected chi connectivity index (χ2v) is 6.27.